The molecule has 1 heterocycles. The molecule has 1 amide bonds. The molecule has 0 unspecified atom stereocenters. The molecule has 0 saturated heterocycles. The zero-order chi connectivity index (χ0) is 32.2. The van der Waals surface area contributed by atoms with E-state index in [1.165, 1.54) is 12.1 Å². The Labute approximate surface area is 280 Å². The molecule has 1 aliphatic rings. The first-order chi connectivity index (χ1) is 22.3. The van der Waals surface area contributed by atoms with Crippen LogP contribution in [0.15, 0.2) is 120 Å². The van der Waals surface area contributed by atoms with Gasteiger partial charge in [0.2, 0.25) is 0 Å². The van der Waals surface area contributed by atoms with Gasteiger partial charge in [-0.05, 0) is 56.9 Å². The molecule has 8 nitrogen and oxygen atoms in total. The summed E-state index contributed by atoms with van der Waals surface area (Å²) in [5.74, 6) is 0.650. The van der Waals surface area contributed by atoms with Crippen LogP contribution < -0.4 is 14.4 Å². The molecule has 46 heavy (non-hydrogen) atoms. The van der Waals surface area contributed by atoms with Crippen molar-refractivity contribution in [3.8, 4) is 11.5 Å². The first-order valence-electron chi connectivity index (χ1n) is 14.5. The molecule has 10 heteroatoms. The topological polar surface area (TPSA) is 85.1 Å². The smallest absolute Gasteiger partial charge is 0.270 e. The normalized spacial score (nSPS) is 14.2. The van der Waals surface area contributed by atoms with Crippen molar-refractivity contribution in [3.05, 3.63) is 163 Å². The van der Waals surface area contributed by atoms with Crippen molar-refractivity contribution < 1.29 is 19.2 Å². The average molecular weight is 699 g/mol. The van der Waals surface area contributed by atoms with Crippen LogP contribution in [0.5, 0.6) is 11.5 Å². The van der Waals surface area contributed by atoms with Crippen LogP contribution in [0.25, 0.3) is 0 Å². The van der Waals surface area contributed by atoms with E-state index in [4.69, 9.17) is 21.1 Å². The molecular weight excluding hydrogens is 670 g/mol. The van der Waals surface area contributed by atoms with Crippen LogP contribution in [-0.2, 0) is 19.7 Å². The molecule has 0 aliphatic carbocycles. The Kier molecular flexibility index (Phi) is 9.23. The molecule has 0 radical (unpaired) electrons. The van der Waals surface area contributed by atoms with E-state index in [9.17, 15) is 14.9 Å². The number of amides is 1. The van der Waals surface area contributed by atoms with Crippen LogP contribution in [0.4, 0.5) is 11.4 Å². The van der Waals surface area contributed by atoms with Crippen molar-refractivity contribution in [2.75, 3.05) is 12.0 Å². The fourth-order valence-electron chi connectivity index (χ4n) is 5.67. The van der Waals surface area contributed by atoms with Crippen molar-refractivity contribution in [1.29, 1.82) is 0 Å². The maximum Gasteiger partial charge on any atom is 0.270 e. The minimum Gasteiger partial charge on any atom is -0.493 e. The van der Waals surface area contributed by atoms with Gasteiger partial charge < -0.3 is 19.3 Å². The number of hydrogen-bond acceptors (Lipinski definition) is 6. The Morgan fingerprint density at radius 3 is 2.11 bits per heavy atom. The van der Waals surface area contributed by atoms with Crippen LogP contribution in [0.2, 0.25) is 5.02 Å². The van der Waals surface area contributed by atoms with Crippen molar-refractivity contribution in [2.24, 2.45) is 0 Å². The largest absolute Gasteiger partial charge is 0.493 e. The monoisotopic (exact) mass is 697 g/mol. The number of anilines is 1. The van der Waals surface area contributed by atoms with Crippen molar-refractivity contribution in [3.63, 3.8) is 0 Å². The van der Waals surface area contributed by atoms with E-state index < -0.39 is 11.1 Å². The van der Waals surface area contributed by atoms with Gasteiger partial charge >= 0.3 is 0 Å². The number of fused-ring (bicyclic) bond motifs is 1. The summed E-state index contributed by atoms with van der Waals surface area (Å²) in [5.41, 5.74) is 4.24. The third kappa shape index (κ3) is 6.42. The van der Waals surface area contributed by atoms with Gasteiger partial charge in [0.25, 0.3) is 11.6 Å². The number of carbonyl (C=O) groups is 1. The number of nitro benzene ring substituents is 1. The molecule has 5 aromatic carbocycles. The van der Waals surface area contributed by atoms with Gasteiger partial charge in [0, 0.05) is 35.8 Å². The predicted molar refractivity (Wildman–Crippen MR) is 181 cm³/mol. The molecule has 0 saturated carbocycles. The van der Waals surface area contributed by atoms with Crippen LogP contribution >= 0.6 is 27.5 Å². The fraction of sp³-hybridized carbons (Fsp3) is 0.139. The summed E-state index contributed by atoms with van der Waals surface area (Å²) in [6, 6.07) is 35.3. The number of nitrogens with zero attached hydrogens (tertiary/aromatic N) is 3. The van der Waals surface area contributed by atoms with Gasteiger partial charge in [0.1, 0.15) is 12.8 Å². The molecule has 1 aliphatic heterocycles. The van der Waals surface area contributed by atoms with Crippen LogP contribution in [0, 0.1) is 10.1 Å². The molecule has 0 aromatic heterocycles. The Hall–Kier alpha value is -4.86. The number of rotatable bonds is 10. The summed E-state index contributed by atoms with van der Waals surface area (Å²) in [5, 5.41) is 12.4. The highest BCUT2D eigenvalue weighted by atomic mass is 79.9. The number of carbonyl (C=O) groups excluding carboxylic acids is 1. The van der Waals surface area contributed by atoms with E-state index in [1.54, 1.807) is 18.1 Å². The van der Waals surface area contributed by atoms with Gasteiger partial charge in [-0.15, -0.1) is 0 Å². The van der Waals surface area contributed by atoms with E-state index in [0.717, 1.165) is 22.3 Å². The van der Waals surface area contributed by atoms with Crippen LogP contribution in [-0.4, -0.2) is 22.8 Å². The average Bonchev–Trinajstić information content (AvgIpc) is 3.07. The van der Waals surface area contributed by atoms with Gasteiger partial charge in [0.05, 0.1) is 27.8 Å². The highest BCUT2D eigenvalue weighted by Crippen LogP contribution is 2.46. The molecule has 1 atom stereocenters. The number of halogens is 2. The quantitative estimate of drug-likeness (QED) is 0.107. The molecule has 0 bridgehead atoms. The number of benzene rings is 5. The Balaban J connectivity index is 1.49. The van der Waals surface area contributed by atoms with Crippen LogP contribution in [0.1, 0.15) is 38.8 Å². The van der Waals surface area contributed by atoms with Crippen molar-refractivity contribution in [1.82, 2.24) is 4.90 Å². The van der Waals surface area contributed by atoms with Crippen LogP contribution in [0.3, 0.4) is 0 Å². The zero-order valence-electron chi connectivity index (χ0n) is 24.8. The first kappa shape index (κ1) is 31.1. The lowest BCUT2D eigenvalue weighted by Gasteiger charge is -2.46. The Morgan fingerprint density at radius 2 is 1.48 bits per heavy atom. The lowest BCUT2D eigenvalue weighted by atomic mass is 9.98. The summed E-state index contributed by atoms with van der Waals surface area (Å²) < 4.78 is 12.7. The summed E-state index contributed by atoms with van der Waals surface area (Å²) in [6.07, 6.45) is -0.607. The Bertz CT molecular complexity index is 1890. The number of nitro groups is 1. The van der Waals surface area contributed by atoms with Gasteiger partial charge in [-0.25, -0.2) is 0 Å². The zero-order valence-corrected chi connectivity index (χ0v) is 27.1. The number of methoxy groups -OCH3 is 1. The Morgan fingerprint density at radius 1 is 0.848 bits per heavy atom. The van der Waals surface area contributed by atoms with Crippen molar-refractivity contribution >= 4 is 44.8 Å². The molecular formula is C36H29BrClN3O5. The maximum absolute atomic E-state index is 14.4. The fourth-order valence-corrected chi connectivity index (χ4v) is 6.43. The van der Waals surface area contributed by atoms with E-state index >= 15 is 0 Å². The van der Waals surface area contributed by atoms with E-state index in [2.05, 4.69) is 20.8 Å². The minimum atomic E-state index is -0.607. The van der Waals surface area contributed by atoms with Gasteiger partial charge in [0.15, 0.2) is 11.5 Å². The number of ether oxygens (including phenoxy) is 2. The minimum absolute atomic E-state index is 0.144. The van der Waals surface area contributed by atoms with Gasteiger partial charge in [-0.2, -0.15) is 0 Å². The SMILES string of the molecule is COc1cc([C@H]2N(Cc3ccccc3)C(=O)c3cc([N+](=O)[O-])ccc3N2Cc2ccccc2)cc(Br)c1OCc1ccccc1Cl. The predicted octanol–water partition coefficient (Wildman–Crippen LogP) is 8.96. The highest BCUT2D eigenvalue weighted by Gasteiger charge is 2.40. The second kappa shape index (κ2) is 13.6. The molecule has 0 N–H and O–H groups in total. The van der Waals surface area contributed by atoms with E-state index in [-0.39, 0.29) is 30.3 Å². The first-order valence-corrected chi connectivity index (χ1v) is 15.7. The van der Waals surface area contributed by atoms with Gasteiger partial charge in [-0.1, -0.05) is 90.5 Å². The van der Waals surface area contributed by atoms with E-state index in [1.807, 2.05) is 97.1 Å². The summed E-state index contributed by atoms with van der Waals surface area (Å²) in [4.78, 5) is 29.5. The lowest BCUT2D eigenvalue weighted by Crippen LogP contribution is -2.48. The highest BCUT2D eigenvalue weighted by molar-refractivity contribution is 9.10. The molecule has 0 spiro atoms. The summed E-state index contributed by atoms with van der Waals surface area (Å²) >= 11 is 10.1. The summed E-state index contributed by atoms with van der Waals surface area (Å²) in [7, 11) is 1.57. The lowest BCUT2D eigenvalue weighted by molar-refractivity contribution is -0.384. The number of hydrogen-bond donors (Lipinski definition) is 0. The van der Waals surface area contributed by atoms with Gasteiger partial charge in [-0.3, -0.25) is 14.9 Å². The maximum atomic E-state index is 14.4. The van der Waals surface area contributed by atoms with E-state index in [0.29, 0.717) is 33.2 Å². The summed E-state index contributed by atoms with van der Waals surface area (Å²) in [6.45, 7) is 0.921. The third-order valence-electron chi connectivity index (χ3n) is 7.85. The number of non-ortho nitro benzene ring substituents is 1. The molecule has 0 fully saturated rings. The van der Waals surface area contributed by atoms with Crippen molar-refractivity contribution in [2.45, 2.75) is 25.9 Å². The second-order valence-electron chi connectivity index (χ2n) is 10.8. The molecule has 5 aromatic rings. The third-order valence-corrected chi connectivity index (χ3v) is 8.81. The standard InChI is InChI=1S/C36H29BrClN3O5/c1-45-33-19-27(18-30(37)34(33)46-23-26-14-8-9-15-31(26)38)35-39(21-24-10-4-2-5-11-24)32-17-16-28(41(43)44)20-29(32)36(42)40(35)22-25-12-6-3-7-13-25/h2-20,35H,21-23H2,1H3/t35-/m1/s1. The molecule has 232 valence electrons. The molecule has 6 rings (SSSR count). The second-order valence-corrected chi connectivity index (χ2v) is 12.0.